The van der Waals surface area contributed by atoms with Crippen LogP contribution in [0.5, 0.6) is 0 Å². The summed E-state index contributed by atoms with van der Waals surface area (Å²) in [5.74, 6) is 0.465. The minimum atomic E-state index is -0.763. The zero-order chi connectivity index (χ0) is 14.4. The van der Waals surface area contributed by atoms with Crippen LogP contribution in [-0.2, 0) is 9.53 Å². The van der Waals surface area contributed by atoms with Gasteiger partial charge in [-0.15, -0.1) is 0 Å². The Morgan fingerprint density at radius 1 is 1.30 bits per heavy atom. The number of hydrogen-bond acceptors (Lipinski definition) is 3. The van der Waals surface area contributed by atoms with Gasteiger partial charge in [0, 0.05) is 20.2 Å². The second-order valence-electron chi connectivity index (χ2n) is 6.38. The normalized spacial score (nSPS) is 26.3. The molecule has 0 radical (unpaired) electrons. The maximum Gasteiger partial charge on any atom is 0.242 e. The van der Waals surface area contributed by atoms with Crippen molar-refractivity contribution in [3.8, 4) is 6.07 Å². The lowest BCUT2D eigenvalue weighted by Gasteiger charge is -2.32. The standard InChI is InChI=1S/C16H26N2O2/c1-18(11-14-7-6-10-20-12-14)15(19)16(13-17)8-4-2-3-5-9-16/h14H,2-12H2,1H3. The quantitative estimate of drug-likeness (QED) is 0.746. The number of rotatable bonds is 3. The van der Waals surface area contributed by atoms with Gasteiger partial charge in [0.1, 0.15) is 5.41 Å². The Hall–Kier alpha value is -1.08. The van der Waals surface area contributed by atoms with Crippen molar-refractivity contribution in [1.82, 2.24) is 4.90 Å². The average molecular weight is 278 g/mol. The first-order valence-electron chi connectivity index (χ1n) is 7.92. The van der Waals surface area contributed by atoms with Gasteiger partial charge in [-0.2, -0.15) is 5.26 Å². The van der Waals surface area contributed by atoms with Crippen molar-refractivity contribution in [1.29, 1.82) is 5.26 Å². The molecule has 1 aliphatic carbocycles. The minimum absolute atomic E-state index is 0.0347. The van der Waals surface area contributed by atoms with Crippen LogP contribution in [0.3, 0.4) is 0 Å². The number of nitrogens with zero attached hydrogens (tertiary/aromatic N) is 2. The van der Waals surface area contributed by atoms with Crippen molar-refractivity contribution >= 4 is 5.91 Å². The highest BCUT2D eigenvalue weighted by molar-refractivity contribution is 5.85. The summed E-state index contributed by atoms with van der Waals surface area (Å²) < 4.78 is 5.48. The minimum Gasteiger partial charge on any atom is -0.381 e. The van der Waals surface area contributed by atoms with Gasteiger partial charge in [0.15, 0.2) is 0 Å². The van der Waals surface area contributed by atoms with Crippen molar-refractivity contribution < 1.29 is 9.53 Å². The van der Waals surface area contributed by atoms with E-state index >= 15 is 0 Å². The maximum absolute atomic E-state index is 12.7. The largest absolute Gasteiger partial charge is 0.381 e. The molecule has 0 aromatic carbocycles. The number of nitriles is 1. The lowest BCUT2D eigenvalue weighted by Crippen LogP contribution is -2.44. The lowest BCUT2D eigenvalue weighted by molar-refractivity contribution is -0.139. The highest BCUT2D eigenvalue weighted by Crippen LogP contribution is 2.36. The maximum atomic E-state index is 12.7. The zero-order valence-electron chi connectivity index (χ0n) is 12.6. The van der Waals surface area contributed by atoms with Crippen LogP contribution in [0.1, 0.15) is 51.4 Å². The van der Waals surface area contributed by atoms with E-state index in [1.165, 1.54) is 0 Å². The first-order chi connectivity index (χ1) is 9.68. The van der Waals surface area contributed by atoms with E-state index in [0.717, 1.165) is 71.1 Å². The van der Waals surface area contributed by atoms with Crippen LogP contribution in [0.2, 0.25) is 0 Å². The molecular formula is C16H26N2O2. The lowest BCUT2D eigenvalue weighted by atomic mass is 9.80. The molecule has 0 bridgehead atoms. The number of amides is 1. The fraction of sp³-hybridized carbons (Fsp3) is 0.875. The van der Waals surface area contributed by atoms with Gasteiger partial charge in [0.25, 0.3) is 0 Å². The first-order valence-corrected chi connectivity index (χ1v) is 7.92. The molecule has 2 fully saturated rings. The molecule has 0 N–H and O–H groups in total. The van der Waals surface area contributed by atoms with Gasteiger partial charge >= 0.3 is 0 Å². The molecule has 1 saturated heterocycles. The van der Waals surface area contributed by atoms with Crippen LogP contribution in [0.25, 0.3) is 0 Å². The Morgan fingerprint density at radius 2 is 2.00 bits per heavy atom. The number of carbonyl (C=O) groups excluding carboxylic acids is 1. The molecule has 4 nitrogen and oxygen atoms in total. The first kappa shape index (κ1) is 15.3. The molecule has 1 unspecified atom stereocenters. The van der Waals surface area contributed by atoms with Crippen molar-refractivity contribution in [3.63, 3.8) is 0 Å². The highest BCUT2D eigenvalue weighted by Gasteiger charge is 2.41. The van der Waals surface area contributed by atoms with E-state index in [1.54, 1.807) is 4.90 Å². The van der Waals surface area contributed by atoms with Gasteiger partial charge in [0.05, 0.1) is 12.7 Å². The van der Waals surface area contributed by atoms with Crippen LogP contribution in [0.4, 0.5) is 0 Å². The number of ether oxygens (including phenoxy) is 1. The molecule has 0 spiro atoms. The van der Waals surface area contributed by atoms with E-state index < -0.39 is 5.41 Å². The molecule has 112 valence electrons. The topological polar surface area (TPSA) is 53.3 Å². The Kier molecular flexibility index (Phi) is 5.42. The second-order valence-corrected chi connectivity index (χ2v) is 6.38. The summed E-state index contributed by atoms with van der Waals surface area (Å²) in [5, 5.41) is 9.57. The van der Waals surface area contributed by atoms with Crippen molar-refractivity contribution in [3.05, 3.63) is 0 Å². The molecule has 1 saturated carbocycles. The summed E-state index contributed by atoms with van der Waals surface area (Å²) in [6, 6.07) is 2.35. The summed E-state index contributed by atoms with van der Waals surface area (Å²) in [5.41, 5.74) is -0.763. The van der Waals surface area contributed by atoms with Crippen LogP contribution >= 0.6 is 0 Å². The third kappa shape index (κ3) is 3.52. The van der Waals surface area contributed by atoms with Gasteiger partial charge in [-0.1, -0.05) is 25.7 Å². The summed E-state index contributed by atoms with van der Waals surface area (Å²) in [4.78, 5) is 14.5. The molecule has 4 heteroatoms. The van der Waals surface area contributed by atoms with Gasteiger partial charge in [0.2, 0.25) is 5.91 Å². The molecular weight excluding hydrogens is 252 g/mol. The average Bonchev–Trinajstić information content (AvgIpc) is 2.74. The van der Waals surface area contributed by atoms with E-state index in [0.29, 0.717) is 5.92 Å². The van der Waals surface area contributed by atoms with E-state index in [2.05, 4.69) is 6.07 Å². The van der Waals surface area contributed by atoms with Crippen LogP contribution in [-0.4, -0.2) is 37.6 Å². The molecule has 1 aliphatic heterocycles. The summed E-state index contributed by atoms with van der Waals surface area (Å²) in [6.45, 7) is 2.32. The van der Waals surface area contributed by atoms with Gasteiger partial charge in [-0.25, -0.2) is 0 Å². The molecule has 0 aromatic rings. The van der Waals surface area contributed by atoms with E-state index in [9.17, 15) is 10.1 Å². The van der Waals surface area contributed by atoms with E-state index in [1.807, 2.05) is 7.05 Å². The smallest absolute Gasteiger partial charge is 0.242 e. The Labute approximate surface area is 122 Å². The predicted molar refractivity (Wildman–Crippen MR) is 76.9 cm³/mol. The van der Waals surface area contributed by atoms with Crippen molar-refractivity contribution in [2.45, 2.75) is 51.4 Å². The Morgan fingerprint density at radius 3 is 2.55 bits per heavy atom. The molecule has 1 heterocycles. The molecule has 2 aliphatic rings. The van der Waals surface area contributed by atoms with Gasteiger partial charge < -0.3 is 9.64 Å². The molecule has 1 amide bonds. The number of hydrogen-bond donors (Lipinski definition) is 0. The van der Waals surface area contributed by atoms with Gasteiger partial charge in [-0.3, -0.25) is 4.79 Å². The SMILES string of the molecule is CN(CC1CCCOC1)C(=O)C1(C#N)CCCCCC1. The molecule has 20 heavy (non-hydrogen) atoms. The zero-order valence-corrected chi connectivity index (χ0v) is 12.6. The summed E-state index contributed by atoms with van der Waals surface area (Å²) >= 11 is 0. The van der Waals surface area contributed by atoms with E-state index in [-0.39, 0.29) is 5.91 Å². The molecule has 2 rings (SSSR count). The summed E-state index contributed by atoms with van der Waals surface area (Å²) in [7, 11) is 1.85. The third-order valence-electron chi connectivity index (χ3n) is 4.71. The Bertz CT molecular complexity index is 361. The monoisotopic (exact) mass is 278 g/mol. The summed E-state index contributed by atoms with van der Waals surface area (Å²) in [6.07, 6.45) is 7.96. The Balaban J connectivity index is 1.97. The second kappa shape index (κ2) is 7.08. The molecule has 1 atom stereocenters. The van der Waals surface area contributed by atoms with Gasteiger partial charge in [-0.05, 0) is 31.6 Å². The van der Waals surface area contributed by atoms with Crippen molar-refractivity contribution in [2.24, 2.45) is 11.3 Å². The fourth-order valence-corrected chi connectivity index (χ4v) is 3.49. The third-order valence-corrected chi connectivity index (χ3v) is 4.71. The van der Waals surface area contributed by atoms with Crippen LogP contribution in [0, 0.1) is 22.7 Å². The molecule has 0 aromatic heterocycles. The highest BCUT2D eigenvalue weighted by atomic mass is 16.5. The van der Waals surface area contributed by atoms with Crippen LogP contribution < -0.4 is 0 Å². The number of carbonyl (C=O) groups is 1. The van der Waals surface area contributed by atoms with E-state index in [4.69, 9.17) is 4.74 Å². The van der Waals surface area contributed by atoms with Crippen molar-refractivity contribution in [2.75, 3.05) is 26.8 Å². The van der Waals surface area contributed by atoms with Crippen LogP contribution in [0.15, 0.2) is 0 Å². The predicted octanol–water partition coefficient (Wildman–Crippen LogP) is 2.74. The fourth-order valence-electron chi connectivity index (χ4n) is 3.49.